The van der Waals surface area contributed by atoms with Gasteiger partial charge in [-0.2, -0.15) is 0 Å². The summed E-state index contributed by atoms with van der Waals surface area (Å²) in [5.74, 6) is 2.03. The van der Waals surface area contributed by atoms with E-state index in [-0.39, 0.29) is 11.8 Å². The zero-order valence-corrected chi connectivity index (χ0v) is 24.5. The number of carbonyl (C=O) groups excluding carboxylic acids is 2. The molecule has 5 rings (SSSR count). The van der Waals surface area contributed by atoms with E-state index in [1.54, 1.807) is 19.1 Å². The maximum atomic E-state index is 14.1. The van der Waals surface area contributed by atoms with Crippen molar-refractivity contribution in [3.05, 3.63) is 89.5 Å². The Hall–Kier alpha value is -3.84. The van der Waals surface area contributed by atoms with Gasteiger partial charge in [-0.25, -0.2) is 0 Å². The second-order valence-corrected chi connectivity index (χ2v) is 11.5. The molecule has 41 heavy (non-hydrogen) atoms. The van der Waals surface area contributed by atoms with E-state index in [2.05, 4.69) is 24.1 Å². The van der Waals surface area contributed by atoms with Gasteiger partial charge in [-0.1, -0.05) is 44.2 Å². The van der Waals surface area contributed by atoms with E-state index in [0.717, 1.165) is 42.9 Å². The average Bonchev–Trinajstić information content (AvgIpc) is 2.99. The normalized spacial score (nSPS) is 22.6. The molecule has 0 aliphatic carbocycles. The molecule has 216 valence electrons. The SMILES string of the molecule is COc1ccc([C@@H]2[C@@H](C(=O)NCCCN3C[C@H](C)C[C@H](C)C3)c3ccccc3C(=O)N2c2ccc(OC)cc2)cc1. The van der Waals surface area contributed by atoms with Crippen LogP contribution in [0.2, 0.25) is 0 Å². The van der Waals surface area contributed by atoms with E-state index < -0.39 is 12.0 Å². The Morgan fingerprint density at radius 1 is 0.878 bits per heavy atom. The first-order valence-electron chi connectivity index (χ1n) is 14.6. The lowest BCUT2D eigenvalue weighted by Gasteiger charge is -2.42. The standard InChI is InChI=1S/C34H41N3O4/c1-23-20-24(2)22-36(21-23)19-7-18-35-33(38)31-29-8-5-6-9-30(29)34(39)37(26-12-16-28(41-4)17-13-26)32(31)25-10-14-27(40-3)15-11-25/h5-6,8-17,23-24,31-32H,7,18-22H2,1-4H3,(H,35,38)/t23-,24+,31-,32+/m0/s1. The highest BCUT2D eigenvalue weighted by Crippen LogP contribution is 2.45. The molecule has 3 aromatic carbocycles. The van der Waals surface area contributed by atoms with Crippen LogP contribution in [-0.2, 0) is 4.79 Å². The van der Waals surface area contributed by atoms with Crippen molar-refractivity contribution in [1.82, 2.24) is 10.2 Å². The molecule has 2 aliphatic heterocycles. The van der Waals surface area contributed by atoms with Gasteiger partial charge >= 0.3 is 0 Å². The molecule has 0 aromatic heterocycles. The molecule has 1 saturated heterocycles. The van der Waals surface area contributed by atoms with E-state index in [9.17, 15) is 9.59 Å². The molecule has 7 nitrogen and oxygen atoms in total. The van der Waals surface area contributed by atoms with Crippen LogP contribution in [0.4, 0.5) is 5.69 Å². The van der Waals surface area contributed by atoms with E-state index in [0.29, 0.717) is 35.4 Å². The first-order valence-corrected chi connectivity index (χ1v) is 14.6. The fourth-order valence-electron chi connectivity index (χ4n) is 6.58. The second-order valence-electron chi connectivity index (χ2n) is 11.5. The first kappa shape index (κ1) is 28.7. The largest absolute Gasteiger partial charge is 0.497 e. The van der Waals surface area contributed by atoms with E-state index in [4.69, 9.17) is 9.47 Å². The number of rotatable bonds is 9. The van der Waals surface area contributed by atoms with Crippen molar-refractivity contribution < 1.29 is 19.1 Å². The summed E-state index contributed by atoms with van der Waals surface area (Å²) in [5, 5.41) is 3.23. The number of piperidine rings is 1. The summed E-state index contributed by atoms with van der Waals surface area (Å²) in [6.07, 6.45) is 2.17. The molecule has 1 fully saturated rings. The van der Waals surface area contributed by atoms with Crippen LogP contribution in [0, 0.1) is 11.8 Å². The lowest BCUT2D eigenvalue weighted by molar-refractivity contribution is -0.123. The van der Waals surface area contributed by atoms with Gasteiger partial charge < -0.3 is 19.7 Å². The Bertz CT molecular complexity index is 1330. The number of hydrogen-bond acceptors (Lipinski definition) is 5. The molecule has 2 aliphatic rings. The molecule has 0 spiro atoms. The molecule has 0 unspecified atom stereocenters. The zero-order valence-electron chi connectivity index (χ0n) is 24.5. The predicted molar refractivity (Wildman–Crippen MR) is 162 cm³/mol. The number of ether oxygens (including phenoxy) is 2. The minimum atomic E-state index is -0.588. The number of carbonyl (C=O) groups is 2. The summed E-state index contributed by atoms with van der Waals surface area (Å²) in [5.41, 5.74) is 2.86. The van der Waals surface area contributed by atoms with Gasteiger partial charge in [0.1, 0.15) is 11.5 Å². The Morgan fingerprint density at radius 3 is 2.12 bits per heavy atom. The third kappa shape index (κ3) is 6.25. The van der Waals surface area contributed by atoms with Gasteiger partial charge in [0.25, 0.3) is 5.91 Å². The van der Waals surface area contributed by atoms with E-state index in [1.165, 1.54) is 6.42 Å². The van der Waals surface area contributed by atoms with Crippen LogP contribution in [0.5, 0.6) is 11.5 Å². The van der Waals surface area contributed by atoms with Crippen LogP contribution >= 0.6 is 0 Å². The molecule has 2 amide bonds. The van der Waals surface area contributed by atoms with Crippen LogP contribution in [0.1, 0.15) is 60.1 Å². The first-order chi connectivity index (χ1) is 19.9. The molecule has 2 heterocycles. The average molecular weight is 556 g/mol. The lowest BCUT2D eigenvalue weighted by Crippen LogP contribution is -2.48. The molecule has 0 bridgehead atoms. The number of fused-ring (bicyclic) bond motifs is 1. The van der Waals surface area contributed by atoms with Crippen molar-refractivity contribution in [2.45, 2.75) is 38.6 Å². The number of likely N-dealkylation sites (tertiary alicyclic amines) is 1. The number of nitrogens with one attached hydrogen (secondary N) is 1. The maximum absolute atomic E-state index is 14.1. The Kier molecular flexibility index (Phi) is 8.93. The summed E-state index contributed by atoms with van der Waals surface area (Å²) >= 11 is 0. The molecule has 0 radical (unpaired) electrons. The smallest absolute Gasteiger partial charge is 0.259 e. The Balaban J connectivity index is 1.46. The van der Waals surface area contributed by atoms with Crippen LogP contribution < -0.4 is 19.7 Å². The highest BCUT2D eigenvalue weighted by Gasteiger charge is 2.44. The molecule has 7 heteroatoms. The summed E-state index contributed by atoms with van der Waals surface area (Å²) in [6, 6.07) is 22.0. The topological polar surface area (TPSA) is 71.1 Å². The number of methoxy groups -OCH3 is 2. The number of anilines is 1. The highest BCUT2D eigenvalue weighted by atomic mass is 16.5. The van der Waals surface area contributed by atoms with E-state index >= 15 is 0 Å². The molecular weight excluding hydrogens is 514 g/mol. The summed E-state index contributed by atoms with van der Waals surface area (Å²) in [6.45, 7) is 8.43. The van der Waals surface area contributed by atoms with Gasteiger partial charge in [-0.15, -0.1) is 0 Å². The van der Waals surface area contributed by atoms with Gasteiger partial charge in [0.05, 0.1) is 26.2 Å². The highest BCUT2D eigenvalue weighted by molar-refractivity contribution is 6.11. The third-order valence-corrected chi connectivity index (χ3v) is 8.32. The Morgan fingerprint density at radius 2 is 1.49 bits per heavy atom. The minimum Gasteiger partial charge on any atom is -0.497 e. The number of hydrogen-bond donors (Lipinski definition) is 1. The Labute approximate surface area is 243 Å². The number of amides is 2. The third-order valence-electron chi connectivity index (χ3n) is 8.32. The van der Waals surface area contributed by atoms with Gasteiger partial charge in [0, 0.05) is 30.9 Å². The van der Waals surface area contributed by atoms with Crippen molar-refractivity contribution in [2.75, 3.05) is 45.3 Å². The minimum absolute atomic E-state index is 0.0790. The van der Waals surface area contributed by atoms with Crippen LogP contribution in [-0.4, -0.2) is 57.1 Å². The van der Waals surface area contributed by atoms with Crippen LogP contribution in [0.15, 0.2) is 72.8 Å². The van der Waals surface area contributed by atoms with Crippen LogP contribution in [0.25, 0.3) is 0 Å². The quantitative estimate of drug-likeness (QED) is 0.345. The predicted octanol–water partition coefficient (Wildman–Crippen LogP) is 5.67. The van der Waals surface area contributed by atoms with Gasteiger partial charge in [0.2, 0.25) is 5.91 Å². The summed E-state index contributed by atoms with van der Waals surface area (Å²) in [7, 11) is 3.24. The molecule has 0 saturated carbocycles. The van der Waals surface area contributed by atoms with Crippen molar-refractivity contribution in [3.63, 3.8) is 0 Å². The molecule has 4 atom stereocenters. The van der Waals surface area contributed by atoms with Gasteiger partial charge in [0.15, 0.2) is 0 Å². The lowest BCUT2D eigenvalue weighted by atomic mass is 9.78. The zero-order chi connectivity index (χ0) is 28.9. The fourth-order valence-corrected chi connectivity index (χ4v) is 6.58. The number of benzene rings is 3. The summed E-state index contributed by atoms with van der Waals surface area (Å²) in [4.78, 5) is 32.4. The van der Waals surface area contributed by atoms with Crippen molar-refractivity contribution in [1.29, 1.82) is 0 Å². The molecular formula is C34H41N3O4. The van der Waals surface area contributed by atoms with Gasteiger partial charge in [-0.05, 0) is 84.8 Å². The van der Waals surface area contributed by atoms with Crippen molar-refractivity contribution in [2.24, 2.45) is 11.8 Å². The maximum Gasteiger partial charge on any atom is 0.259 e. The molecule has 1 N–H and O–H groups in total. The van der Waals surface area contributed by atoms with Gasteiger partial charge in [-0.3, -0.25) is 14.5 Å². The van der Waals surface area contributed by atoms with Crippen molar-refractivity contribution >= 4 is 17.5 Å². The molecule has 3 aromatic rings. The van der Waals surface area contributed by atoms with Crippen LogP contribution in [0.3, 0.4) is 0 Å². The number of nitrogens with zero attached hydrogens (tertiary/aromatic N) is 2. The van der Waals surface area contributed by atoms with E-state index in [1.807, 2.05) is 72.8 Å². The second kappa shape index (κ2) is 12.8. The monoisotopic (exact) mass is 555 g/mol. The fraction of sp³-hybridized carbons (Fsp3) is 0.412. The van der Waals surface area contributed by atoms with Crippen molar-refractivity contribution in [3.8, 4) is 11.5 Å². The summed E-state index contributed by atoms with van der Waals surface area (Å²) < 4.78 is 10.8.